The third-order valence-electron chi connectivity index (χ3n) is 3.81. The van der Waals surface area contributed by atoms with Crippen molar-refractivity contribution in [3.05, 3.63) is 54.1 Å². The predicted octanol–water partition coefficient (Wildman–Crippen LogP) is 3.63. The van der Waals surface area contributed by atoms with E-state index in [4.69, 9.17) is 10.5 Å². The van der Waals surface area contributed by atoms with Crippen LogP contribution in [0.1, 0.15) is 24.9 Å². The maximum atomic E-state index is 6.19. The number of nitrogens with two attached hydrogens (primary N) is 1. The second-order valence-corrected chi connectivity index (χ2v) is 5.00. The Kier molecular flexibility index (Phi) is 3.52. The second-order valence-electron chi connectivity index (χ2n) is 5.00. The van der Waals surface area contributed by atoms with Crippen LogP contribution in [-0.2, 0) is 0 Å². The molecule has 0 fully saturated rings. The van der Waals surface area contributed by atoms with Crippen LogP contribution >= 0.6 is 0 Å². The van der Waals surface area contributed by atoms with Crippen molar-refractivity contribution >= 4 is 17.0 Å². The monoisotopic (exact) mass is 281 g/mol. The first-order valence-corrected chi connectivity index (χ1v) is 7.11. The van der Waals surface area contributed by atoms with Gasteiger partial charge in [-0.25, -0.2) is 4.98 Å². The minimum absolute atomic E-state index is 0.170. The van der Waals surface area contributed by atoms with Crippen LogP contribution in [-0.4, -0.2) is 16.7 Å². The SMILES string of the molecule is CCC(c1ccccc1)n1c(N)nc2c(OC)cccc21. The minimum Gasteiger partial charge on any atom is -0.494 e. The van der Waals surface area contributed by atoms with Crippen molar-refractivity contribution < 1.29 is 4.74 Å². The largest absolute Gasteiger partial charge is 0.494 e. The first-order chi connectivity index (χ1) is 10.3. The summed E-state index contributed by atoms with van der Waals surface area (Å²) in [6.45, 7) is 2.16. The number of nitrogen functional groups attached to an aromatic ring is 1. The molecule has 0 saturated heterocycles. The van der Waals surface area contributed by atoms with E-state index in [0.717, 1.165) is 23.2 Å². The topological polar surface area (TPSA) is 53.1 Å². The Bertz CT molecular complexity index is 749. The van der Waals surface area contributed by atoms with Gasteiger partial charge in [-0.3, -0.25) is 0 Å². The summed E-state index contributed by atoms with van der Waals surface area (Å²) in [6.07, 6.45) is 0.941. The zero-order valence-corrected chi connectivity index (χ0v) is 12.3. The molecular formula is C17H19N3O. The maximum absolute atomic E-state index is 6.19. The van der Waals surface area contributed by atoms with E-state index in [2.05, 4.69) is 28.6 Å². The van der Waals surface area contributed by atoms with Crippen molar-refractivity contribution in [1.82, 2.24) is 9.55 Å². The number of imidazole rings is 1. The molecule has 108 valence electrons. The van der Waals surface area contributed by atoms with Gasteiger partial charge in [0.25, 0.3) is 0 Å². The smallest absolute Gasteiger partial charge is 0.201 e. The fourth-order valence-corrected chi connectivity index (χ4v) is 2.84. The van der Waals surface area contributed by atoms with Crippen LogP contribution in [0.25, 0.3) is 11.0 Å². The van der Waals surface area contributed by atoms with Crippen molar-refractivity contribution in [3.8, 4) is 5.75 Å². The Morgan fingerprint density at radius 3 is 2.57 bits per heavy atom. The lowest BCUT2D eigenvalue weighted by Crippen LogP contribution is -2.12. The maximum Gasteiger partial charge on any atom is 0.201 e. The zero-order valence-electron chi connectivity index (χ0n) is 12.3. The van der Waals surface area contributed by atoms with Crippen LogP contribution < -0.4 is 10.5 Å². The number of benzene rings is 2. The van der Waals surface area contributed by atoms with Crippen molar-refractivity contribution in [1.29, 1.82) is 0 Å². The third-order valence-corrected chi connectivity index (χ3v) is 3.81. The van der Waals surface area contributed by atoms with Crippen LogP contribution in [0.2, 0.25) is 0 Å². The highest BCUT2D eigenvalue weighted by atomic mass is 16.5. The highest BCUT2D eigenvalue weighted by Gasteiger charge is 2.19. The number of nitrogens with zero attached hydrogens (tertiary/aromatic N) is 2. The number of fused-ring (bicyclic) bond motifs is 1. The van der Waals surface area contributed by atoms with Crippen LogP contribution in [0.5, 0.6) is 5.75 Å². The molecule has 0 bridgehead atoms. The first kappa shape index (κ1) is 13.5. The quantitative estimate of drug-likeness (QED) is 0.794. The summed E-state index contributed by atoms with van der Waals surface area (Å²) in [5.74, 6) is 1.27. The van der Waals surface area contributed by atoms with E-state index in [1.807, 2.05) is 36.4 Å². The number of hydrogen-bond acceptors (Lipinski definition) is 3. The third kappa shape index (κ3) is 2.23. The summed E-state index contributed by atoms with van der Waals surface area (Å²) in [7, 11) is 1.65. The average molecular weight is 281 g/mol. The molecule has 0 aliphatic carbocycles. The van der Waals surface area contributed by atoms with E-state index in [0.29, 0.717) is 5.95 Å². The molecule has 4 nitrogen and oxygen atoms in total. The standard InChI is InChI=1S/C17H19N3O/c1-3-13(12-8-5-4-6-9-12)20-14-10-7-11-15(21-2)16(14)19-17(20)18/h4-11,13H,3H2,1-2H3,(H2,18,19). The van der Waals surface area contributed by atoms with Gasteiger partial charge in [0.15, 0.2) is 0 Å². The number of hydrogen-bond donors (Lipinski definition) is 1. The first-order valence-electron chi connectivity index (χ1n) is 7.11. The highest BCUT2D eigenvalue weighted by Crippen LogP contribution is 2.33. The van der Waals surface area contributed by atoms with Crippen LogP contribution in [0.3, 0.4) is 0 Å². The summed E-state index contributed by atoms with van der Waals surface area (Å²) in [5, 5.41) is 0. The molecule has 0 aliphatic heterocycles. The molecule has 0 amide bonds. The van der Waals surface area contributed by atoms with E-state index in [1.165, 1.54) is 5.56 Å². The Labute approximate surface area is 124 Å². The molecule has 3 aromatic rings. The van der Waals surface area contributed by atoms with Gasteiger partial charge >= 0.3 is 0 Å². The number of ether oxygens (including phenoxy) is 1. The summed E-state index contributed by atoms with van der Waals surface area (Å²) < 4.78 is 7.47. The second kappa shape index (κ2) is 5.48. The Morgan fingerprint density at radius 1 is 1.14 bits per heavy atom. The molecule has 1 heterocycles. The molecule has 0 spiro atoms. The number of methoxy groups -OCH3 is 1. The highest BCUT2D eigenvalue weighted by molar-refractivity contribution is 5.84. The fraction of sp³-hybridized carbons (Fsp3) is 0.235. The van der Waals surface area contributed by atoms with Crippen molar-refractivity contribution in [2.45, 2.75) is 19.4 Å². The van der Waals surface area contributed by atoms with Gasteiger partial charge in [0.2, 0.25) is 5.95 Å². The zero-order chi connectivity index (χ0) is 14.8. The Balaban J connectivity index is 2.21. The molecule has 1 aromatic heterocycles. The molecule has 0 radical (unpaired) electrons. The van der Waals surface area contributed by atoms with Crippen molar-refractivity contribution in [2.75, 3.05) is 12.8 Å². The Morgan fingerprint density at radius 2 is 1.90 bits per heavy atom. The van der Waals surface area contributed by atoms with Crippen molar-refractivity contribution in [3.63, 3.8) is 0 Å². The molecule has 0 saturated carbocycles. The van der Waals surface area contributed by atoms with Crippen LogP contribution in [0.15, 0.2) is 48.5 Å². The fourth-order valence-electron chi connectivity index (χ4n) is 2.84. The van der Waals surface area contributed by atoms with Gasteiger partial charge in [0, 0.05) is 0 Å². The molecule has 1 unspecified atom stereocenters. The number of aromatic nitrogens is 2. The average Bonchev–Trinajstić information content (AvgIpc) is 2.86. The summed E-state index contributed by atoms with van der Waals surface area (Å²) in [5.41, 5.74) is 9.23. The Hall–Kier alpha value is -2.49. The minimum atomic E-state index is 0.170. The molecule has 3 rings (SSSR count). The lowest BCUT2D eigenvalue weighted by atomic mass is 10.0. The van der Waals surface area contributed by atoms with Gasteiger partial charge in [-0.2, -0.15) is 0 Å². The number of rotatable bonds is 4. The van der Waals surface area contributed by atoms with Gasteiger partial charge < -0.3 is 15.0 Å². The van der Waals surface area contributed by atoms with Gasteiger partial charge in [-0.05, 0) is 24.1 Å². The van der Waals surface area contributed by atoms with Crippen molar-refractivity contribution in [2.24, 2.45) is 0 Å². The van der Waals surface area contributed by atoms with Gasteiger partial charge in [0.1, 0.15) is 11.3 Å². The molecule has 4 heteroatoms. The van der Waals surface area contributed by atoms with E-state index >= 15 is 0 Å². The molecule has 2 aromatic carbocycles. The number of anilines is 1. The van der Waals surface area contributed by atoms with Gasteiger partial charge in [0.05, 0.1) is 18.7 Å². The van der Waals surface area contributed by atoms with Gasteiger partial charge in [-0.1, -0.05) is 43.3 Å². The van der Waals surface area contributed by atoms with E-state index in [1.54, 1.807) is 7.11 Å². The summed E-state index contributed by atoms with van der Waals surface area (Å²) in [6, 6.07) is 16.4. The summed E-state index contributed by atoms with van der Waals surface area (Å²) >= 11 is 0. The van der Waals surface area contributed by atoms with E-state index < -0.39 is 0 Å². The van der Waals surface area contributed by atoms with Gasteiger partial charge in [-0.15, -0.1) is 0 Å². The predicted molar refractivity (Wildman–Crippen MR) is 85.6 cm³/mol. The number of para-hydroxylation sites is 1. The van der Waals surface area contributed by atoms with E-state index in [-0.39, 0.29) is 6.04 Å². The van der Waals surface area contributed by atoms with Crippen LogP contribution in [0.4, 0.5) is 5.95 Å². The lowest BCUT2D eigenvalue weighted by Gasteiger charge is -2.19. The lowest BCUT2D eigenvalue weighted by molar-refractivity contribution is 0.419. The van der Waals surface area contributed by atoms with Crippen LogP contribution in [0, 0.1) is 0 Å². The summed E-state index contributed by atoms with van der Waals surface area (Å²) in [4.78, 5) is 4.49. The molecule has 21 heavy (non-hydrogen) atoms. The molecule has 1 atom stereocenters. The molecule has 2 N–H and O–H groups in total. The molecule has 0 aliphatic rings. The van der Waals surface area contributed by atoms with E-state index in [9.17, 15) is 0 Å². The molecular weight excluding hydrogens is 262 g/mol. The normalized spacial score (nSPS) is 12.5.